The van der Waals surface area contributed by atoms with Crippen LogP contribution < -0.4 is 21.3 Å². The number of fused-ring (bicyclic) bond motifs is 3. The average Bonchev–Trinajstić information content (AvgIpc) is 1.59. The van der Waals surface area contributed by atoms with E-state index in [1.807, 2.05) is 11.8 Å². The van der Waals surface area contributed by atoms with Gasteiger partial charge in [-0.3, -0.25) is 27.8 Å². The highest BCUT2D eigenvalue weighted by Gasteiger charge is 2.49. The van der Waals surface area contributed by atoms with Crippen LogP contribution in [0.4, 0.5) is 17.2 Å². The molecule has 0 aliphatic carbocycles. The first-order chi connectivity index (χ1) is 50.9. The second-order valence-corrected chi connectivity index (χ2v) is 36.0. The maximum absolute atomic E-state index is 12.9. The number of phosphoric ester groups is 1. The molecule has 4 aromatic rings. The van der Waals surface area contributed by atoms with Crippen molar-refractivity contribution in [1.29, 1.82) is 0 Å². The van der Waals surface area contributed by atoms with E-state index in [2.05, 4.69) is 45.6 Å². The van der Waals surface area contributed by atoms with E-state index in [1.165, 1.54) is 47.2 Å². The van der Waals surface area contributed by atoms with E-state index < -0.39 is 122 Å². The van der Waals surface area contributed by atoms with Crippen molar-refractivity contribution in [2.75, 3.05) is 121 Å². The van der Waals surface area contributed by atoms with Crippen molar-refractivity contribution in [3.8, 4) is 11.8 Å². The highest BCUT2D eigenvalue weighted by atomic mass is 32.2. The molecule has 0 bridgehead atoms. The highest BCUT2D eigenvalue weighted by Crippen LogP contribution is 2.66. The number of rotatable bonds is 46. The molecule has 0 radical (unpaired) electrons. The summed E-state index contributed by atoms with van der Waals surface area (Å²) in [4.78, 5) is 71.3. The van der Waals surface area contributed by atoms with Gasteiger partial charge >= 0.3 is 23.5 Å². The monoisotopic (exact) mass is 1680 g/mol. The molecule has 2 amide bonds. The maximum Gasteiger partial charge on any atom is 0.490 e. The van der Waals surface area contributed by atoms with Crippen LogP contribution in [0.25, 0.3) is 11.0 Å². The van der Waals surface area contributed by atoms with Crippen molar-refractivity contribution in [3.05, 3.63) is 89.5 Å². The maximum atomic E-state index is 12.9. The van der Waals surface area contributed by atoms with Crippen molar-refractivity contribution in [2.24, 2.45) is 0 Å². The number of aromatic nitrogens is 3. The zero-order valence-corrected chi connectivity index (χ0v) is 65.2. The summed E-state index contributed by atoms with van der Waals surface area (Å²) < 4.78 is 221. The van der Waals surface area contributed by atoms with E-state index in [1.54, 1.807) is 36.7 Å². The number of anilines is 2. The molecule has 40 nitrogen and oxygen atoms in total. The smallest absolute Gasteiger partial charge is 0.490 e. The Labute approximate surface area is 628 Å². The fraction of sp³-hybridized carbons (Fsp3) is 0.565. The van der Waals surface area contributed by atoms with Gasteiger partial charge in [0.2, 0.25) is 17.5 Å². The Morgan fingerprint density at radius 3 is 1.95 bits per heavy atom. The first-order valence-corrected chi connectivity index (χ1v) is 44.3. The van der Waals surface area contributed by atoms with Crippen LogP contribution in [0.3, 0.4) is 0 Å². The third kappa shape index (κ3) is 27.1. The Morgan fingerprint density at radius 1 is 0.725 bits per heavy atom. The standard InChI is InChI=1S/C62H89N8O32P3S4/c1-61(2)46-38-44(108(88,89)90)16-18-48(46)68(25-11-37-107(85,86)87)51(61)13-9-14-52-62(3,21-6-8-36-106(82,83)84)47-39-45(109(91,92)93)17-19-49(47)69(52)24-7-4-5-15-53(71)65-23-27-95-29-31-97-33-35-98-34-32-96-30-28-94-26-20-54(72)64-22-10-12-43-40-70(59-55(43)58(63)66-42-67-59)60-57(74)56(73)50(100-60)41-99-104(78,79)102-105(80,81)101-103(75,76)77/h9,13-14,16-19,38-40,42,50,56-57,60,73-74H,4-8,11,15,20-37,41H2,1-3H3,(H11-,63,64,65,66,67,71,72,75,76,77,78,79,80,81,82,83,84,85,86,87,88,89,90,91,92,93)/t50-,56-,57-,60-,62?/m1/s1. The third-order valence-electron chi connectivity index (χ3n) is 17.3. The quantitative estimate of drug-likeness (QED) is 0.00993. The van der Waals surface area contributed by atoms with Gasteiger partial charge in [0, 0.05) is 73.1 Å². The molecule has 7 atom stereocenters. The summed E-state index contributed by atoms with van der Waals surface area (Å²) in [6.07, 6.45) is 3.22. The number of hydrogen-bond donors (Lipinski definition) is 12. The summed E-state index contributed by atoms with van der Waals surface area (Å²) in [6.45, 7) is 7.16. The fourth-order valence-electron chi connectivity index (χ4n) is 12.2. The molecular weight excluding hydrogens is 1590 g/mol. The van der Waals surface area contributed by atoms with Crippen LogP contribution >= 0.6 is 23.5 Å². The Kier molecular flexibility index (Phi) is 32.4. The van der Waals surface area contributed by atoms with Gasteiger partial charge in [0.1, 0.15) is 52.8 Å². The number of carbonyl (C=O) groups excluding carboxylic acids is 2. The number of hydrogen-bond acceptors (Lipinski definition) is 29. The lowest BCUT2D eigenvalue weighted by Crippen LogP contribution is -2.33. The SMILES string of the molecule is CC1(C)C(C=CC=C2N(CCCCCC(=O)NCCOCCOCCOCCOCCOCCC(=O)NCC#Cc3cn([C@@H]4O[C@H](COP(=O)(O)OP(=O)(O)OP(=O)(O)O)[C@@H](O)[C@H]4O)c4ncnc(N)c34)c3ccc(S(=O)(=O)[O-])cc3C2(C)CCCCS(=O)(=O)O)=[N+](CCCS(=O)(=O)O)c2ccc(S(=O)(=O)O)cc21. The topological polar surface area (TPSA) is 597 Å². The molecule has 0 saturated carbocycles. The molecule has 1 fully saturated rings. The number of aliphatic hydroxyl groups is 2. The number of nitrogens with one attached hydrogen (secondary N) is 2. The first-order valence-electron chi connectivity index (χ1n) is 33.7. The summed E-state index contributed by atoms with van der Waals surface area (Å²) in [5.41, 5.74) is 7.60. The second kappa shape index (κ2) is 39.2. The Morgan fingerprint density at radius 2 is 1.33 bits per heavy atom. The van der Waals surface area contributed by atoms with Gasteiger partial charge in [0.25, 0.3) is 30.4 Å². The van der Waals surface area contributed by atoms with E-state index in [4.69, 9.17) is 43.9 Å². The van der Waals surface area contributed by atoms with Gasteiger partial charge in [-0.15, -0.1) is 0 Å². The Balaban J connectivity index is 0.767. The van der Waals surface area contributed by atoms with Crippen LogP contribution in [-0.4, -0.2) is 247 Å². The van der Waals surface area contributed by atoms with E-state index in [0.29, 0.717) is 59.7 Å². The lowest BCUT2D eigenvalue weighted by atomic mass is 9.77. The number of unbranched alkanes of at least 4 members (excludes halogenated alkanes) is 3. The van der Waals surface area contributed by atoms with Crippen LogP contribution in [0.2, 0.25) is 0 Å². The van der Waals surface area contributed by atoms with Crippen LogP contribution in [0.15, 0.2) is 82.6 Å². The molecule has 2 aromatic carbocycles. The molecule has 13 N–H and O–H groups in total. The molecule has 3 aliphatic heterocycles. The van der Waals surface area contributed by atoms with Gasteiger partial charge in [-0.25, -0.2) is 32.1 Å². The number of nitrogen functional groups attached to an aromatic ring is 1. The average molecular weight is 1680 g/mol. The minimum Gasteiger partial charge on any atom is -0.744 e. The number of ether oxygens (including phenoxy) is 6. The number of carbonyl (C=O) groups is 2. The van der Waals surface area contributed by atoms with Gasteiger partial charge in [0.15, 0.2) is 11.9 Å². The molecule has 5 heterocycles. The number of nitrogens with two attached hydrogens (primary N) is 1. The molecule has 3 aliphatic rings. The number of benzene rings is 2. The van der Waals surface area contributed by atoms with Crippen LogP contribution in [-0.2, 0) is 116 Å². The number of nitrogens with zero attached hydrogens (tertiary/aromatic N) is 5. The molecule has 0 spiro atoms. The summed E-state index contributed by atoms with van der Waals surface area (Å²) in [5, 5.41) is 27.2. The highest BCUT2D eigenvalue weighted by molar-refractivity contribution is 7.86. The summed E-state index contributed by atoms with van der Waals surface area (Å²) >= 11 is 0. The van der Waals surface area contributed by atoms with Crippen molar-refractivity contribution >= 4 is 110 Å². The minimum absolute atomic E-state index is 0.0117. The number of amides is 2. The zero-order chi connectivity index (χ0) is 80.4. The van der Waals surface area contributed by atoms with Crippen molar-refractivity contribution in [3.63, 3.8) is 0 Å². The van der Waals surface area contributed by atoms with Crippen LogP contribution in [0.5, 0.6) is 0 Å². The summed E-state index contributed by atoms with van der Waals surface area (Å²) in [7, 11) is -35.4. The summed E-state index contributed by atoms with van der Waals surface area (Å²) in [6, 6.07) is 8.06. The molecule has 1 saturated heterocycles. The molecule has 2 aromatic heterocycles. The molecule has 7 rings (SSSR count). The van der Waals surface area contributed by atoms with Crippen LogP contribution in [0, 0.1) is 11.8 Å². The lowest BCUT2D eigenvalue weighted by molar-refractivity contribution is -0.437. The van der Waals surface area contributed by atoms with Crippen molar-refractivity contribution in [2.45, 2.75) is 124 Å². The molecule has 608 valence electrons. The zero-order valence-electron chi connectivity index (χ0n) is 59.2. The minimum atomic E-state index is -5.84. The van der Waals surface area contributed by atoms with Crippen molar-refractivity contribution < 1.29 is 151 Å². The van der Waals surface area contributed by atoms with Gasteiger partial charge in [-0.1, -0.05) is 30.8 Å². The Bertz CT molecular complexity index is 4680. The normalized spacial score (nSPS) is 20.3. The molecule has 47 heteroatoms. The van der Waals surface area contributed by atoms with Gasteiger partial charge in [-0.05, 0) is 88.4 Å². The van der Waals surface area contributed by atoms with E-state index in [0.717, 1.165) is 6.33 Å². The number of phosphoric acid groups is 3. The molecule has 3 unspecified atom stereocenters. The molecule has 109 heavy (non-hydrogen) atoms. The van der Waals surface area contributed by atoms with E-state index in [9.17, 15) is 95.2 Å². The predicted molar refractivity (Wildman–Crippen MR) is 384 cm³/mol. The third-order valence-corrected chi connectivity index (χ3v) is 24.4. The van der Waals surface area contributed by atoms with Gasteiger partial charge in [-0.2, -0.15) is 38.5 Å². The lowest BCUT2D eigenvalue weighted by Gasteiger charge is -2.30. The molecular formula is C62H89N8O32P3S4. The summed E-state index contributed by atoms with van der Waals surface area (Å²) in [5.74, 6) is 3.82. The number of aliphatic hydroxyl groups excluding tert-OH is 2. The van der Waals surface area contributed by atoms with Crippen LogP contribution in [0.1, 0.15) is 101 Å². The first kappa shape index (κ1) is 90.2. The van der Waals surface area contributed by atoms with E-state index in [-0.39, 0.29) is 163 Å². The largest absolute Gasteiger partial charge is 0.744 e. The van der Waals surface area contributed by atoms with Gasteiger partial charge < -0.3 is 88.6 Å². The van der Waals surface area contributed by atoms with Gasteiger partial charge in [0.05, 0.1) is 117 Å². The number of allylic oxidation sites excluding steroid dienone is 4. The Hall–Kier alpha value is -5.96. The fourth-order valence-corrected chi connectivity index (χ4v) is 17.3. The van der Waals surface area contributed by atoms with E-state index >= 15 is 0 Å². The van der Waals surface area contributed by atoms with Crippen molar-refractivity contribution in [1.82, 2.24) is 25.2 Å². The predicted octanol–water partition coefficient (Wildman–Crippen LogP) is 2.37. The second-order valence-electron chi connectivity index (χ2n) is 25.6.